The summed E-state index contributed by atoms with van der Waals surface area (Å²) in [7, 11) is -3.23. The largest absolute Gasteiger partial charge is 0.410 e. The Morgan fingerprint density at radius 3 is 1.64 bits per heavy atom. The summed E-state index contributed by atoms with van der Waals surface area (Å²) in [6, 6.07) is 0. The van der Waals surface area contributed by atoms with Crippen molar-refractivity contribution in [3.63, 3.8) is 0 Å². The lowest BCUT2D eigenvalue weighted by Gasteiger charge is -2.18. The minimum Gasteiger partial charge on any atom is -0.322 e. The molecule has 0 radical (unpaired) electrons. The third-order valence-electron chi connectivity index (χ3n) is 1.01. The van der Waals surface area contributed by atoms with E-state index in [4.69, 9.17) is 0 Å². The lowest BCUT2D eigenvalue weighted by atomic mass is 10.7. The van der Waals surface area contributed by atoms with Gasteiger partial charge < -0.3 is 10.3 Å². The summed E-state index contributed by atoms with van der Waals surface area (Å²) in [4.78, 5) is 0. The van der Waals surface area contributed by atoms with E-state index in [1.54, 1.807) is 0 Å². The molecule has 0 aliphatic rings. The smallest absolute Gasteiger partial charge is 0.322 e. The van der Waals surface area contributed by atoms with Crippen LogP contribution in [0.5, 0.6) is 0 Å². The zero-order valence-corrected chi connectivity index (χ0v) is 7.76. The lowest BCUT2D eigenvalue weighted by Crippen LogP contribution is -2.36. The van der Waals surface area contributed by atoms with Gasteiger partial charge in [0.05, 0.1) is 0 Å². The number of hydrogen-bond acceptors (Lipinski definition) is 2. The van der Waals surface area contributed by atoms with Gasteiger partial charge in [0.25, 0.3) is 0 Å². The van der Waals surface area contributed by atoms with Crippen LogP contribution in [0.2, 0.25) is 0 Å². The molecule has 0 bridgehead atoms. The summed E-state index contributed by atoms with van der Waals surface area (Å²) in [6.45, 7) is 2.04. The summed E-state index contributed by atoms with van der Waals surface area (Å²) in [6.07, 6.45) is -4.54. The maximum Gasteiger partial charge on any atom is 0.410 e. The third-order valence-corrected chi connectivity index (χ3v) is 2.64. The molecule has 0 amide bonds. The molecule has 0 aliphatic heterocycles. The van der Waals surface area contributed by atoms with E-state index in [2.05, 4.69) is 5.73 Å². The summed E-state index contributed by atoms with van der Waals surface area (Å²) in [5.74, 6) is -2.18. The Bertz CT molecular complexity index is 165. The van der Waals surface area contributed by atoms with Gasteiger partial charge in [-0.05, 0) is 13.3 Å². The molecule has 0 aromatic heterocycles. The van der Waals surface area contributed by atoms with Crippen molar-refractivity contribution in [3.8, 4) is 0 Å². The number of alkyl halides is 3. The van der Waals surface area contributed by atoms with Gasteiger partial charge in [-0.2, -0.15) is 13.2 Å². The Kier molecular flexibility index (Phi) is 4.76. The van der Waals surface area contributed by atoms with Gasteiger partial charge in [-0.25, -0.2) is 0 Å². The second-order valence-electron chi connectivity index (χ2n) is 2.42. The molecule has 7 heteroatoms. The standard InChI is InChI=1S/C4H9F3NOP.ClH/c1-10(2,9)3(8)4(5,6)7;/h3H,8H2,1-2H3;1H/t3-;/m1./s1. The second kappa shape index (κ2) is 3.78. The molecule has 0 saturated heterocycles. The van der Waals surface area contributed by atoms with Crippen molar-refractivity contribution in [1.82, 2.24) is 0 Å². The maximum absolute atomic E-state index is 11.6. The van der Waals surface area contributed by atoms with Gasteiger partial charge in [0, 0.05) is 0 Å². The predicted molar refractivity (Wildman–Crippen MR) is 40.7 cm³/mol. The quantitative estimate of drug-likeness (QED) is 0.673. The van der Waals surface area contributed by atoms with Gasteiger partial charge in [0.1, 0.15) is 7.14 Å². The van der Waals surface area contributed by atoms with Crippen LogP contribution in [0.15, 0.2) is 0 Å². The molecule has 0 spiro atoms. The SMILES string of the molecule is CP(C)(=O)[C@@H](N)C(F)(F)F.Cl. The monoisotopic (exact) mass is 211 g/mol. The third kappa shape index (κ3) is 4.67. The van der Waals surface area contributed by atoms with Gasteiger partial charge in [0.15, 0.2) is 5.78 Å². The number of hydrogen-bond donors (Lipinski definition) is 1. The van der Waals surface area contributed by atoms with E-state index in [9.17, 15) is 17.7 Å². The first-order chi connectivity index (χ1) is 4.15. The predicted octanol–water partition coefficient (Wildman–Crippen LogP) is 1.88. The van der Waals surface area contributed by atoms with Crippen LogP contribution >= 0.6 is 19.5 Å². The zero-order chi connectivity index (χ0) is 8.58. The summed E-state index contributed by atoms with van der Waals surface area (Å²) in [5, 5.41) is 0. The molecule has 1 atom stereocenters. The molecule has 0 aromatic carbocycles. The van der Waals surface area contributed by atoms with Crippen molar-refractivity contribution < 1.29 is 17.7 Å². The molecule has 2 nitrogen and oxygen atoms in total. The summed E-state index contributed by atoms with van der Waals surface area (Å²) in [5.41, 5.74) is 4.64. The molecule has 0 unspecified atom stereocenters. The Hall–Kier alpha value is 0.270. The van der Waals surface area contributed by atoms with E-state index in [0.717, 1.165) is 13.3 Å². The first-order valence-corrected chi connectivity index (χ1v) is 5.19. The second-order valence-corrected chi connectivity index (χ2v) is 5.85. The Morgan fingerprint density at radius 1 is 1.36 bits per heavy atom. The summed E-state index contributed by atoms with van der Waals surface area (Å²) >= 11 is 0. The topological polar surface area (TPSA) is 43.1 Å². The Morgan fingerprint density at radius 2 is 1.64 bits per heavy atom. The van der Waals surface area contributed by atoms with Crippen molar-refractivity contribution >= 4 is 19.5 Å². The highest BCUT2D eigenvalue weighted by atomic mass is 35.5. The maximum atomic E-state index is 11.6. The van der Waals surface area contributed by atoms with E-state index < -0.39 is 19.1 Å². The highest BCUT2D eigenvalue weighted by molar-refractivity contribution is 7.63. The van der Waals surface area contributed by atoms with E-state index in [1.165, 1.54) is 0 Å². The van der Waals surface area contributed by atoms with Gasteiger partial charge in [0.2, 0.25) is 0 Å². The van der Waals surface area contributed by atoms with E-state index in [0.29, 0.717) is 0 Å². The molecule has 0 fully saturated rings. The first kappa shape index (κ1) is 13.8. The van der Waals surface area contributed by atoms with Crippen LogP contribution in [-0.4, -0.2) is 25.3 Å². The van der Waals surface area contributed by atoms with Gasteiger partial charge in [-0.3, -0.25) is 0 Å². The Labute approximate surface area is 69.1 Å². The van der Waals surface area contributed by atoms with Crippen molar-refractivity contribution in [1.29, 1.82) is 0 Å². The van der Waals surface area contributed by atoms with Crippen LogP contribution in [0.3, 0.4) is 0 Å². The molecule has 2 N–H and O–H groups in total. The minimum atomic E-state index is -4.54. The normalized spacial score (nSPS) is 15.5. The van der Waals surface area contributed by atoms with Crippen molar-refractivity contribution in [2.45, 2.75) is 12.0 Å². The molecule has 0 saturated carbocycles. The molecule has 0 rings (SSSR count). The van der Waals surface area contributed by atoms with Crippen LogP contribution in [0, 0.1) is 0 Å². The average molecular weight is 212 g/mol. The molecule has 0 heterocycles. The van der Waals surface area contributed by atoms with Crippen molar-refractivity contribution in [2.24, 2.45) is 5.73 Å². The molecule has 0 aromatic rings. The van der Waals surface area contributed by atoms with E-state index in [-0.39, 0.29) is 12.4 Å². The van der Waals surface area contributed by atoms with Crippen LogP contribution in [-0.2, 0) is 4.57 Å². The fourth-order valence-corrected chi connectivity index (χ4v) is 1.06. The van der Waals surface area contributed by atoms with Crippen LogP contribution in [0.25, 0.3) is 0 Å². The zero-order valence-electron chi connectivity index (χ0n) is 6.05. The van der Waals surface area contributed by atoms with Crippen LogP contribution in [0.4, 0.5) is 13.2 Å². The average Bonchev–Trinajstić information content (AvgIpc) is 1.59. The first-order valence-electron chi connectivity index (χ1n) is 2.52. The van der Waals surface area contributed by atoms with Gasteiger partial charge in [-0.1, -0.05) is 0 Å². The fourth-order valence-electron chi connectivity index (χ4n) is 0.353. The number of nitrogens with two attached hydrogens (primary N) is 1. The lowest BCUT2D eigenvalue weighted by molar-refractivity contribution is -0.129. The molecule has 0 aliphatic carbocycles. The van der Waals surface area contributed by atoms with Crippen molar-refractivity contribution in [3.05, 3.63) is 0 Å². The Balaban J connectivity index is 0. The highest BCUT2D eigenvalue weighted by Crippen LogP contribution is 2.46. The summed E-state index contributed by atoms with van der Waals surface area (Å²) < 4.78 is 45.7. The molecular formula is C4H10ClF3NOP. The van der Waals surface area contributed by atoms with Crippen LogP contribution < -0.4 is 5.73 Å². The number of halogens is 4. The molecule has 70 valence electrons. The van der Waals surface area contributed by atoms with E-state index in [1.807, 2.05) is 0 Å². The highest BCUT2D eigenvalue weighted by Gasteiger charge is 2.43. The number of rotatable bonds is 1. The van der Waals surface area contributed by atoms with Gasteiger partial charge >= 0.3 is 6.18 Å². The van der Waals surface area contributed by atoms with Crippen LogP contribution in [0.1, 0.15) is 0 Å². The molecule has 11 heavy (non-hydrogen) atoms. The van der Waals surface area contributed by atoms with Crippen molar-refractivity contribution in [2.75, 3.05) is 13.3 Å². The van der Waals surface area contributed by atoms with Gasteiger partial charge in [-0.15, -0.1) is 12.4 Å². The van der Waals surface area contributed by atoms with E-state index >= 15 is 0 Å². The minimum absolute atomic E-state index is 0. The molecular weight excluding hydrogens is 201 g/mol. The fraction of sp³-hybridized carbons (Fsp3) is 1.00.